The van der Waals surface area contributed by atoms with Crippen molar-refractivity contribution < 1.29 is 22.3 Å². The van der Waals surface area contributed by atoms with E-state index in [1.54, 1.807) is 6.92 Å². The standard InChI is InChI=1S/C22H20ClFN2O5S/c1-13-10-14(2)26(12-20(27)25-15-4-9-19(24)18(23)11-15)22(28)21(13)32(29,30)17-7-5-16(31-3)6-8-17/h4-11H,12H2,1-3H3,(H,25,27). The molecule has 0 bridgehead atoms. The molecule has 32 heavy (non-hydrogen) atoms. The van der Waals surface area contributed by atoms with Crippen LogP contribution in [-0.2, 0) is 21.2 Å². The van der Waals surface area contributed by atoms with Gasteiger partial charge in [-0.15, -0.1) is 0 Å². The Morgan fingerprint density at radius 3 is 2.38 bits per heavy atom. The van der Waals surface area contributed by atoms with Crippen LogP contribution >= 0.6 is 11.6 Å². The molecule has 0 radical (unpaired) electrons. The monoisotopic (exact) mass is 478 g/mol. The molecule has 0 fully saturated rings. The quantitative estimate of drug-likeness (QED) is 0.582. The lowest BCUT2D eigenvalue weighted by molar-refractivity contribution is -0.116. The Kier molecular flexibility index (Phi) is 6.71. The number of pyridine rings is 1. The smallest absolute Gasteiger partial charge is 0.270 e. The van der Waals surface area contributed by atoms with Crippen LogP contribution in [0.1, 0.15) is 11.3 Å². The van der Waals surface area contributed by atoms with Crippen molar-refractivity contribution in [3.05, 3.63) is 81.0 Å². The third kappa shape index (κ3) is 4.68. The molecule has 1 N–H and O–H groups in total. The molecule has 2 aromatic carbocycles. The summed E-state index contributed by atoms with van der Waals surface area (Å²) in [4.78, 5) is 25.2. The zero-order chi connectivity index (χ0) is 23.6. The van der Waals surface area contributed by atoms with Gasteiger partial charge in [0.05, 0.1) is 17.0 Å². The number of anilines is 1. The number of methoxy groups -OCH3 is 1. The first-order valence-electron chi connectivity index (χ1n) is 9.39. The minimum absolute atomic E-state index is 0.0701. The number of ether oxygens (including phenoxy) is 1. The molecule has 0 spiro atoms. The molecule has 3 rings (SSSR count). The summed E-state index contributed by atoms with van der Waals surface area (Å²) in [6.07, 6.45) is 0. The number of hydrogen-bond donors (Lipinski definition) is 1. The maximum Gasteiger partial charge on any atom is 0.270 e. The summed E-state index contributed by atoms with van der Waals surface area (Å²) in [5.41, 5.74) is 0.106. The van der Waals surface area contributed by atoms with Crippen LogP contribution in [0.25, 0.3) is 0 Å². The van der Waals surface area contributed by atoms with Crippen LogP contribution in [-0.4, -0.2) is 26.0 Å². The molecule has 7 nitrogen and oxygen atoms in total. The lowest BCUT2D eigenvalue weighted by Crippen LogP contribution is -2.33. The number of halogens is 2. The fraction of sp³-hybridized carbons (Fsp3) is 0.182. The number of carbonyl (C=O) groups is 1. The molecule has 0 unspecified atom stereocenters. The van der Waals surface area contributed by atoms with Crippen molar-refractivity contribution in [3.63, 3.8) is 0 Å². The van der Waals surface area contributed by atoms with Gasteiger partial charge < -0.3 is 14.6 Å². The minimum Gasteiger partial charge on any atom is -0.497 e. The van der Waals surface area contributed by atoms with Gasteiger partial charge in [-0.25, -0.2) is 12.8 Å². The van der Waals surface area contributed by atoms with Gasteiger partial charge in [0.1, 0.15) is 23.0 Å². The fourth-order valence-corrected chi connectivity index (χ4v) is 4.96. The summed E-state index contributed by atoms with van der Waals surface area (Å²) in [7, 11) is -2.69. The van der Waals surface area contributed by atoms with Gasteiger partial charge in [-0.3, -0.25) is 9.59 Å². The summed E-state index contributed by atoms with van der Waals surface area (Å²) in [6.45, 7) is 2.68. The lowest BCUT2D eigenvalue weighted by atomic mass is 10.2. The summed E-state index contributed by atoms with van der Waals surface area (Å²) >= 11 is 5.72. The Bertz CT molecular complexity index is 1350. The molecule has 1 heterocycles. The molecule has 168 valence electrons. The number of aromatic nitrogens is 1. The van der Waals surface area contributed by atoms with E-state index < -0.39 is 38.6 Å². The topological polar surface area (TPSA) is 94.5 Å². The second-order valence-electron chi connectivity index (χ2n) is 7.05. The average molecular weight is 479 g/mol. The number of benzene rings is 2. The van der Waals surface area contributed by atoms with Gasteiger partial charge in [0.2, 0.25) is 15.7 Å². The van der Waals surface area contributed by atoms with E-state index in [0.29, 0.717) is 11.4 Å². The first-order valence-corrected chi connectivity index (χ1v) is 11.3. The molecule has 0 saturated carbocycles. The first-order chi connectivity index (χ1) is 15.0. The van der Waals surface area contributed by atoms with Crippen molar-refractivity contribution in [2.24, 2.45) is 0 Å². The second kappa shape index (κ2) is 9.13. The van der Waals surface area contributed by atoms with E-state index in [1.807, 2.05) is 0 Å². The highest BCUT2D eigenvalue weighted by Gasteiger charge is 2.26. The molecule has 0 aliphatic rings. The molecular formula is C22H20ClFN2O5S. The van der Waals surface area contributed by atoms with Crippen molar-refractivity contribution in [2.45, 2.75) is 30.2 Å². The average Bonchev–Trinajstić information content (AvgIpc) is 2.73. The van der Waals surface area contributed by atoms with E-state index in [2.05, 4.69) is 5.32 Å². The van der Waals surface area contributed by atoms with Gasteiger partial charge in [0, 0.05) is 11.4 Å². The number of rotatable bonds is 6. The Labute approximate surface area is 189 Å². The number of sulfone groups is 1. The zero-order valence-corrected chi connectivity index (χ0v) is 19.1. The highest BCUT2D eigenvalue weighted by molar-refractivity contribution is 7.91. The molecule has 1 amide bonds. The number of aryl methyl sites for hydroxylation is 2. The predicted octanol–water partition coefficient (Wildman–Crippen LogP) is 3.74. The summed E-state index contributed by atoms with van der Waals surface area (Å²) in [5.74, 6) is -0.766. The number of nitrogens with one attached hydrogen (secondary N) is 1. The van der Waals surface area contributed by atoms with Crippen molar-refractivity contribution >= 4 is 33.0 Å². The summed E-state index contributed by atoms with van der Waals surface area (Å²) in [6, 6.07) is 10.8. The maximum atomic E-state index is 13.3. The maximum absolute atomic E-state index is 13.3. The van der Waals surface area contributed by atoms with E-state index in [4.69, 9.17) is 16.3 Å². The minimum atomic E-state index is -4.15. The molecule has 0 atom stereocenters. The lowest BCUT2D eigenvalue weighted by Gasteiger charge is -2.15. The molecule has 10 heteroatoms. The largest absolute Gasteiger partial charge is 0.497 e. The van der Waals surface area contributed by atoms with Gasteiger partial charge in [-0.1, -0.05) is 11.6 Å². The third-order valence-corrected chi connectivity index (χ3v) is 7.01. The Morgan fingerprint density at radius 2 is 1.78 bits per heavy atom. The number of amides is 1. The van der Waals surface area contributed by atoms with Crippen molar-refractivity contribution in [1.29, 1.82) is 0 Å². The van der Waals surface area contributed by atoms with Gasteiger partial charge in [0.15, 0.2) is 0 Å². The van der Waals surface area contributed by atoms with Gasteiger partial charge >= 0.3 is 0 Å². The summed E-state index contributed by atoms with van der Waals surface area (Å²) < 4.78 is 45.8. The second-order valence-corrected chi connectivity index (χ2v) is 9.34. The normalized spacial score (nSPS) is 11.3. The number of hydrogen-bond acceptors (Lipinski definition) is 5. The third-order valence-electron chi connectivity index (χ3n) is 4.79. The van der Waals surface area contributed by atoms with E-state index in [9.17, 15) is 22.4 Å². The number of carbonyl (C=O) groups excluding carboxylic acids is 1. The van der Waals surface area contributed by atoms with Crippen LogP contribution in [0.4, 0.5) is 10.1 Å². The Balaban J connectivity index is 1.98. The molecule has 3 aromatic rings. The van der Waals surface area contributed by atoms with Gasteiger partial charge in [-0.05, 0) is 67.9 Å². The number of nitrogens with zero attached hydrogens (tertiary/aromatic N) is 1. The van der Waals surface area contributed by atoms with Gasteiger partial charge in [-0.2, -0.15) is 0 Å². The van der Waals surface area contributed by atoms with Crippen LogP contribution in [0, 0.1) is 19.7 Å². The van der Waals surface area contributed by atoms with E-state index in [0.717, 1.165) is 10.6 Å². The van der Waals surface area contributed by atoms with Gasteiger partial charge in [0.25, 0.3) is 5.56 Å². The molecule has 1 aromatic heterocycles. The van der Waals surface area contributed by atoms with Crippen LogP contribution < -0.4 is 15.6 Å². The first kappa shape index (κ1) is 23.5. The van der Waals surface area contributed by atoms with Crippen LogP contribution in [0.2, 0.25) is 5.02 Å². The fourth-order valence-electron chi connectivity index (χ4n) is 3.22. The zero-order valence-electron chi connectivity index (χ0n) is 17.5. The highest BCUT2D eigenvalue weighted by Crippen LogP contribution is 2.24. The van der Waals surface area contributed by atoms with E-state index in [-0.39, 0.29) is 21.2 Å². The molecule has 0 aliphatic heterocycles. The van der Waals surface area contributed by atoms with Crippen LogP contribution in [0.15, 0.2) is 63.1 Å². The van der Waals surface area contributed by atoms with Crippen molar-refractivity contribution in [3.8, 4) is 5.75 Å². The Morgan fingerprint density at radius 1 is 1.12 bits per heavy atom. The van der Waals surface area contributed by atoms with Crippen molar-refractivity contribution in [1.82, 2.24) is 4.57 Å². The summed E-state index contributed by atoms with van der Waals surface area (Å²) in [5, 5.41) is 2.35. The highest BCUT2D eigenvalue weighted by atomic mass is 35.5. The molecule has 0 saturated heterocycles. The van der Waals surface area contributed by atoms with Crippen molar-refractivity contribution in [2.75, 3.05) is 12.4 Å². The predicted molar refractivity (Wildman–Crippen MR) is 119 cm³/mol. The van der Waals surface area contributed by atoms with Crippen LogP contribution in [0.3, 0.4) is 0 Å². The molecular weight excluding hydrogens is 459 g/mol. The van der Waals surface area contributed by atoms with Crippen LogP contribution in [0.5, 0.6) is 5.75 Å². The molecule has 0 aliphatic carbocycles. The van der Waals surface area contributed by atoms with E-state index >= 15 is 0 Å². The van der Waals surface area contributed by atoms with E-state index in [1.165, 1.54) is 56.5 Å². The SMILES string of the molecule is COc1ccc(S(=O)(=O)c2c(C)cc(C)n(CC(=O)Nc3ccc(F)c(Cl)c3)c2=O)cc1. The Hall–Kier alpha value is -3.17.